The van der Waals surface area contributed by atoms with Crippen LogP contribution in [0, 0.1) is 0 Å². The first-order valence-electron chi connectivity index (χ1n) is 7.12. The Hall–Kier alpha value is -2.62. The van der Waals surface area contributed by atoms with Gasteiger partial charge in [-0.05, 0) is 35.2 Å². The Morgan fingerprint density at radius 1 is 1.09 bits per heavy atom. The van der Waals surface area contributed by atoms with Crippen LogP contribution in [-0.2, 0) is 11.2 Å². The molecule has 0 aliphatic rings. The predicted octanol–water partition coefficient (Wildman–Crippen LogP) is 3.55. The fourth-order valence-electron chi connectivity index (χ4n) is 2.04. The quantitative estimate of drug-likeness (QED) is 0.793. The fraction of sp³-hybridized carbons (Fsp3) is 0.222. The normalized spacial score (nSPS) is 10.1. The molecule has 114 valence electrons. The van der Waals surface area contributed by atoms with Crippen molar-refractivity contribution < 1.29 is 14.3 Å². The number of carbonyl (C=O) groups excluding carboxylic acids is 2. The lowest BCUT2D eigenvalue weighted by Gasteiger charge is -2.11. The molecule has 2 aromatic carbocycles. The molecule has 4 heteroatoms. The number of hydrogen-bond acceptors (Lipinski definition) is 3. The summed E-state index contributed by atoms with van der Waals surface area (Å²) >= 11 is 0. The Kier molecular flexibility index (Phi) is 5.31. The van der Waals surface area contributed by atoms with Gasteiger partial charge in [-0.15, -0.1) is 0 Å². The van der Waals surface area contributed by atoms with Crippen LogP contribution in [0.2, 0.25) is 0 Å². The van der Waals surface area contributed by atoms with Crippen LogP contribution < -0.4 is 4.74 Å². The average molecular weight is 297 g/mol. The van der Waals surface area contributed by atoms with E-state index in [9.17, 15) is 9.59 Å². The molecule has 1 amide bonds. The Bertz CT molecular complexity index is 648. The number of ether oxygens (including phenoxy) is 1. The van der Waals surface area contributed by atoms with Gasteiger partial charge < -0.3 is 14.4 Å². The van der Waals surface area contributed by atoms with Crippen molar-refractivity contribution in [1.29, 1.82) is 0 Å². The summed E-state index contributed by atoms with van der Waals surface area (Å²) in [5.74, 6) is 0.513. The zero-order chi connectivity index (χ0) is 15.9. The molecule has 2 rings (SSSR count). The van der Waals surface area contributed by atoms with Gasteiger partial charge in [0.2, 0.25) is 0 Å². The van der Waals surface area contributed by atoms with Crippen molar-refractivity contribution in [1.82, 2.24) is 4.90 Å². The summed E-state index contributed by atoms with van der Waals surface area (Å²) in [6, 6.07) is 15.5. The van der Waals surface area contributed by atoms with E-state index >= 15 is 0 Å². The summed E-state index contributed by atoms with van der Waals surface area (Å²) < 4.78 is 5.19. The SMILES string of the molecule is CN(C)C(=O)Oc1ccc(-c2cccc(CCC=O)c2)cc1. The van der Waals surface area contributed by atoms with Gasteiger partial charge in [-0.2, -0.15) is 0 Å². The molecule has 0 atom stereocenters. The molecule has 0 unspecified atom stereocenters. The zero-order valence-corrected chi connectivity index (χ0v) is 12.8. The molecular weight excluding hydrogens is 278 g/mol. The van der Waals surface area contributed by atoms with Crippen LogP contribution in [0.5, 0.6) is 5.75 Å². The molecule has 0 N–H and O–H groups in total. The summed E-state index contributed by atoms with van der Waals surface area (Å²) in [7, 11) is 3.28. The molecule has 4 nitrogen and oxygen atoms in total. The van der Waals surface area contributed by atoms with Crippen LogP contribution in [0.3, 0.4) is 0 Å². The molecule has 0 saturated carbocycles. The third-order valence-electron chi connectivity index (χ3n) is 3.24. The second-order valence-electron chi connectivity index (χ2n) is 5.19. The highest BCUT2D eigenvalue weighted by Gasteiger charge is 2.07. The van der Waals surface area contributed by atoms with Crippen LogP contribution >= 0.6 is 0 Å². The van der Waals surface area contributed by atoms with Crippen molar-refractivity contribution in [2.24, 2.45) is 0 Å². The summed E-state index contributed by atoms with van der Waals surface area (Å²) in [4.78, 5) is 23.3. The van der Waals surface area contributed by atoms with Gasteiger partial charge in [0.25, 0.3) is 0 Å². The van der Waals surface area contributed by atoms with Crippen LogP contribution in [0.25, 0.3) is 11.1 Å². The smallest absolute Gasteiger partial charge is 0.410 e. The van der Waals surface area contributed by atoms with Gasteiger partial charge in [-0.3, -0.25) is 0 Å². The molecule has 0 aromatic heterocycles. The number of aryl methyl sites for hydroxylation is 1. The highest BCUT2D eigenvalue weighted by Crippen LogP contribution is 2.24. The molecule has 2 aromatic rings. The number of hydrogen-bond donors (Lipinski definition) is 0. The van der Waals surface area contributed by atoms with Gasteiger partial charge in [-0.25, -0.2) is 4.79 Å². The van der Waals surface area contributed by atoms with Crippen molar-refractivity contribution in [3.05, 3.63) is 54.1 Å². The van der Waals surface area contributed by atoms with Crippen molar-refractivity contribution in [2.75, 3.05) is 14.1 Å². The summed E-state index contributed by atoms with van der Waals surface area (Å²) in [5, 5.41) is 0. The molecule has 0 heterocycles. The van der Waals surface area contributed by atoms with E-state index in [-0.39, 0.29) is 0 Å². The van der Waals surface area contributed by atoms with E-state index in [0.29, 0.717) is 12.2 Å². The first-order chi connectivity index (χ1) is 10.6. The number of aldehydes is 1. The number of nitrogens with zero attached hydrogens (tertiary/aromatic N) is 1. The van der Waals surface area contributed by atoms with Crippen LogP contribution in [0.15, 0.2) is 48.5 Å². The average Bonchev–Trinajstić information content (AvgIpc) is 2.53. The standard InChI is InChI=1S/C18H19NO3/c1-19(2)18(21)22-17-10-8-15(9-11-17)16-7-3-5-14(13-16)6-4-12-20/h3,5,7-13H,4,6H2,1-2H3. The maximum Gasteiger partial charge on any atom is 0.414 e. The minimum Gasteiger partial charge on any atom is -0.410 e. The Morgan fingerprint density at radius 3 is 2.45 bits per heavy atom. The van der Waals surface area contributed by atoms with E-state index < -0.39 is 6.09 Å². The molecule has 0 aliphatic carbocycles. The second-order valence-corrected chi connectivity index (χ2v) is 5.19. The summed E-state index contributed by atoms with van der Waals surface area (Å²) in [6.07, 6.45) is 1.81. The predicted molar refractivity (Wildman–Crippen MR) is 86.0 cm³/mol. The number of benzene rings is 2. The Morgan fingerprint density at radius 2 is 1.82 bits per heavy atom. The van der Waals surface area contributed by atoms with E-state index in [1.165, 1.54) is 4.90 Å². The minimum atomic E-state index is -0.399. The Labute approximate surface area is 130 Å². The van der Waals surface area contributed by atoms with E-state index in [1.54, 1.807) is 26.2 Å². The van der Waals surface area contributed by atoms with E-state index in [1.807, 2.05) is 30.3 Å². The van der Waals surface area contributed by atoms with Crippen LogP contribution in [-0.4, -0.2) is 31.4 Å². The van der Waals surface area contributed by atoms with Crippen molar-refractivity contribution in [2.45, 2.75) is 12.8 Å². The van der Waals surface area contributed by atoms with Gasteiger partial charge in [0.1, 0.15) is 12.0 Å². The highest BCUT2D eigenvalue weighted by molar-refractivity contribution is 5.71. The second kappa shape index (κ2) is 7.41. The molecule has 0 fully saturated rings. The van der Waals surface area contributed by atoms with Gasteiger partial charge in [0.15, 0.2) is 0 Å². The van der Waals surface area contributed by atoms with E-state index in [2.05, 4.69) is 6.07 Å². The largest absolute Gasteiger partial charge is 0.414 e. The molecule has 0 bridgehead atoms. The molecule has 0 spiro atoms. The topological polar surface area (TPSA) is 46.6 Å². The van der Waals surface area contributed by atoms with E-state index in [4.69, 9.17) is 4.74 Å². The third kappa shape index (κ3) is 4.19. The molecule has 0 aliphatic heterocycles. The van der Waals surface area contributed by atoms with E-state index in [0.717, 1.165) is 29.4 Å². The van der Waals surface area contributed by atoms with Crippen molar-refractivity contribution in [3.63, 3.8) is 0 Å². The number of rotatable bonds is 5. The van der Waals surface area contributed by atoms with Gasteiger partial charge >= 0.3 is 6.09 Å². The third-order valence-corrected chi connectivity index (χ3v) is 3.24. The maximum atomic E-state index is 11.5. The molecule has 0 radical (unpaired) electrons. The monoisotopic (exact) mass is 297 g/mol. The van der Waals surface area contributed by atoms with Crippen LogP contribution in [0.1, 0.15) is 12.0 Å². The number of amides is 1. The van der Waals surface area contributed by atoms with Crippen LogP contribution in [0.4, 0.5) is 4.79 Å². The summed E-state index contributed by atoms with van der Waals surface area (Å²) in [5.41, 5.74) is 3.25. The highest BCUT2D eigenvalue weighted by atomic mass is 16.6. The van der Waals surface area contributed by atoms with Gasteiger partial charge in [0.05, 0.1) is 0 Å². The molecule has 22 heavy (non-hydrogen) atoms. The van der Waals surface area contributed by atoms with Gasteiger partial charge in [0, 0.05) is 20.5 Å². The lowest BCUT2D eigenvalue weighted by atomic mass is 10.0. The lowest BCUT2D eigenvalue weighted by molar-refractivity contribution is -0.107. The number of carbonyl (C=O) groups is 2. The first-order valence-corrected chi connectivity index (χ1v) is 7.12. The lowest BCUT2D eigenvalue weighted by Crippen LogP contribution is -2.25. The van der Waals surface area contributed by atoms with Crippen molar-refractivity contribution >= 4 is 12.4 Å². The zero-order valence-electron chi connectivity index (χ0n) is 12.8. The van der Waals surface area contributed by atoms with Gasteiger partial charge in [-0.1, -0.05) is 36.4 Å². The first kappa shape index (κ1) is 15.8. The minimum absolute atomic E-state index is 0.399. The summed E-state index contributed by atoms with van der Waals surface area (Å²) in [6.45, 7) is 0. The van der Waals surface area contributed by atoms with Crippen molar-refractivity contribution in [3.8, 4) is 16.9 Å². The maximum absolute atomic E-state index is 11.5. The fourth-order valence-corrected chi connectivity index (χ4v) is 2.04. The molecular formula is C18H19NO3. The Balaban J connectivity index is 2.13. The molecule has 0 saturated heterocycles.